The lowest BCUT2D eigenvalue weighted by molar-refractivity contribution is 0.0994. The average molecular weight is 256 g/mol. The fourth-order valence-electron chi connectivity index (χ4n) is 1.81. The van der Waals surface area contributed by atoms with Gasteiger partial charge >= 0.3 is 0 Å². The van der Waals surface area contributed by atoms with Crippen LogP contribution in [0.15, 0.2) is 42.5 Å². The maximum Gasteiger partial charge on any atom is 0.269 e. The van der Waals surface area contributed by atoms with Gasteiger partial charge in [0.25, 0.3) is 5.91 Å². The Bertz CT molecular complexity index is 539. The molecule has 0 radical (unpaired) electrons. The van der Waals surface area contributed by atoms with Gasteiger partial charge in [0.15, 0.2) is 5.69 Å². The molecule has 1 aromatic carbocycles. The number of hydrogen-bond acceptors (Lipinski definition) is 4. The van der Waals surface area contributed by atoms with E-state index in [2.05, 4.69) is 34.6 Å². The molecular formula is C14H16N4O. The average Bonchev–Trinajstić information content (AvgIpc) is 2.40. The zero-order chi connectivity index (χ0) is 13.7. The highest BCUT2D eigenvalue weighted by Crippen LogP contribution is 2.08. The molecule has 0 spiro atoms. The van der Waals surface area contributed by atoms with Crippen molar-refractivity contribution in [3.63, 3.8) is 0 Å². The van der Waals surface area contributed by atoms with Gasteiger partial charge in [-0.05, 0) is 31.0 Å². The summed E-state index contributed by atoms with van der Waals surface area (Å²) in [5.74, 6) is 0.0600. The second kappa shape index (κ2) is 5.95. The van der Waals surface area contributed by atoms with Crippen molar-refractivity contribution in [3.8, 4) is 0 Å². The molecule has 0 bridgehead atoms. The number of hydrogen-bond donors (Lipinski definition) is 2. The molecule has 0 aliphatic carbocycles. The molecule has 1 aromatic heterocycles. The number of nitrogens with two attached hydrogens (primary N) is 1. The van der Waals surface area contributed by atoms with Crippen LogP contribution in [0.4, 0.5) is 5.82 Å². The van der Waals surface area contributed by atoms with Crippen molar-refractivity contribution in [3.05, 3.63) is 53.7 Å². The number of amides is 1. The van der Waals surface area contributed by atoms with Gasteiger partial charge in [0.2, 0.25) is 0 Å². The van der Waals surface area contributed by atoms with Crippen LogP contribution in [0.1, 0.15) is 23.0 Å². The van der Waals surface area contributed by atoms with E-state index in [0.29, 0.717) is 5.82 Å². The number of carbonyl (C=O) groups excluding carboxylic acids is 1. The predicted octanol–water partition coefficient (Wildman–Crippen LogP) is 1.62. The third kappa shape index (κ3) is 3.77. The number of benzene rings is 1. The van der Waals surface area contributed by atoms with Crippen molar-refractivity contribution in [1.82, 2.24) is 10.2 Å². The molecule has 0 aliphatic heterocycles. The molecule has 2 aromatic rings. The van der Waals surface area contributed by atoms with Gasteiger partial charge in [-0.15, -0.1) is 10.2 Å². The maximum atomic E-state index is 10.9. The van der Waals surface area contributed by atoms with Crippen molar-refractivity contribution in [2.45, 2.75) is 19.4 Å². The van der Waals surface area contributed by atoms with Crippen LogP contribution in [0, 0.1) is 0 Å². The lowest BCUT2D eigenvalue weighted by Crippen LogP contribution is -2.20. The summed E-state index contributed by atoms with van der Waals surface area (Å²) >= 11 is 0. The first-order chi connectivity index (χ1) is 9.15. The van der Waals surface area contributed by atoms with Gasteiger partial charge in [0.1, 0.15) is 5.82 Å². The third-order valence-corrected chi connectivity index (χ3v) is 2.70. The summed E-state index contributed by atoms with van der Waals surface area (Å²) < 4.78 is 0. The fraction of sp³-hybridized carbons (Fsp3) is 0.214. The quantitative estimate of drug-likeness (QED) is 0.851. The smallest absolute Gasteiger partial charge is 0.269 e. The molecule has 5 nitrogen and oxygen atoms in total. The van der Waals surface area contributed by atoms with Crippen molar-refractivity contribution in [1.29, 1.82) is 0 Å². The molecule has 0 saturated heterocycles. The lowest BCUT2D eigenvalue weighted by Gasteiger charge is -2.14. The van der Waals surface area contributed by atoms with Crippen LogP contribution in [0.3, 0.4) is 0 Å². The Morgan fingerprint density at radius 3 is 2.53 bits per heavy atom. The van der Waals surface area contributed by atoms with Crippen LogP contribution in [0.2, 0.25) is 0 Å². The molecule has 1 atom stereocenters. The Kier molecular flexibility index (Phi) is 4.07. The summed E-state index contributed by atoms with van der Waals surface area (Å²) in [5, 5.41) is 10.9. The van der Waals surface area contributed by atoms with E-state index in [1.165, 1.54) is 5.56 Å². The van der Waals surface area contributed by atoms with Gasteiger partial charge in [0, 0.05) is 6.04 Å². The Balaban J connectivity index is 1.95. The standard InChI is InChI=1S/C14H16N4O/c1-10(9-11-5-3-2-4-6-11)16-13-8-7-12(14(15)19)17-18-13/h2-8,10H,9H2,1H3,(H2,15,19)(H,16,18). The highest BCUT2D eigenvalue weighted by molar-refractivity contribution is 5.90. The normalized spacial score (nSPS) is 11.8. The largest absolute Gasteiger partial charge is 0.366 e. The SMILES string of the molecule is CC(Cc1ccccc1)Nc1ccc(C(N)=O)nn1. The Hall–Kier alpha value is -2.43. The lowest BCUT2D eigenvalue weighted by atomic mass is 10.1. The van der Waals surface area contributed by atoms with Crippen LogP contribution in [-0.2, 0) is 6.42 Å². The Labute approximate surface area is 111 Å². The van der Waals surface area contributed by atoms with Crippen LogP contribution < -0.4 is 11.1 Å². The number of rotatable bonds is 5. The predicted molar refractivity (Wildman–Crippen MR) is 73.8 cm³/mol. The third-order valence-electron chi connectivity index (χ3n) is 2.70. The van der Waals surface area contributed by atoms with Gasteiger partial charge in [0.05, 0.1) is 0 Å². The molecule has 0 fully saturated rings. The van der Waals surface area contributed by atoms with Crippen LogP contribution >= 0.6 is 0 Å². The van der Waals surface area contributed by atoms with E-state index in [1.807, 2.05) is 18.2 Å². The number of primary amides is 1. The van der Waals surface area contributed by atoms with E-state index in [9.17, 15) is 4.79 Å². The summed E-state index contributed by atoms with van der Waals surface area (Å²) in [4.78, 5) is 10.9. The monoisotopic (exact) mass is 256 g/mol. The molecule has 1 amide bonds. The zero-order valence-electron chi connectivity index (χ0n) is 10.7. The molecule has 19 heavy (non-hydrogen) atoms. The number of aromatic nitrogens is 2. The fourth-order valence-corrected chi connectivity index (χ4v) is 1.81. The van der Waals surface area contributed by atoms with Crippen molar-refractivity contribution in [2.75, 3.05) is 5.32 Å². The van der Waals surface area contributed by atoms with Gasteiger partial charge in [-0.2, -0.15) is 0 Å². The van der Waals surface area contributed by atoms with Gasteiger partial charge in [-0.3, -0.25) is 4.79 Å². The Morgan fingerprint density at radius 1 is 1.21 bits per heavy atom. The first-order valence-electron chi connectivity index (χ1n) is 6.09. The molecule has 98 valence electrons. The van der Waals surface area contributed by atoms with Crippen molar-refractivity contribution < 1.29 is 4.79 Å². The number of nitrogens with one attached hydrogen (secondary N) is 1. The molecule has 1 heterocycles. The minimum Gasteiger partial charge on any atom is -0.366 e. The highest BCUT2D eigenvalue weighted by atomic mass is 16.1. The van der Waals surface area contributed by atoms with E-state index in [-0.39, 0.29) is 11.7 Å². The molecule has 5 heteroatoms. The minimum absolute atomic E-state index is 0.168. The number of nitrogens with zero attached hydrogens (tertiary/aromatic N) is 2. The van der Waals surface area contributed by atoms with E-state index in [4.69, 9.17) is 5.73 Å². The highest BCUT2D eigenvalue weighted by Gasteiger charge is 2.06. The molecule has 2 rings (SSSR count). The summed E-state index contributed by atoms with van der Waals surface area (Å²) in [6.07, 6.45) is 0.889. The summed E-state index contributed by atoms with van der Waals surface area (Å²) in [6, 6.07) is 13.7. The van der Waals surface area contributed by atoms with Crippen LogP contribution in [-0.4, -0.2) is 22.1 Å². The molecule has 0 aliphatic rings. The molecule has 1 unspecified atom stereocenters. The van der Waals surface area contributed by atoms with E-state index >= 15 is 0 Å². The molecular weight excluding hydrogens is 240 g/mol. The number of carbonyl (C=O) groups is 1. The first kappa shape index (κ1) is 13.0. The second-order valence-electron chi connectivity index (χ2n) is 4.40. The van der Waals surface area contributed by atoms with Gasteiger partial charge < -0.3 is 11.1 Å². The number of anilines is 1. The minimum atomic E-state index is -0.573. The van der Waals surface area contributed by atoms with Crippen molar-refractivity contribution in [2.24, 2.45) is 5.73 Å². The summed E-state index contributed by atoms with van der Waals surface area (Å²) in [5.41, 5.74) is 6.53. The van der Waals surface area contributed by atoms with Crippen LogP contribution in [0.25, 0.3) is 0 Å². The zero-order valence-corrected chi connectivity index (χ0v) is 10.7. The van der Waals surface area contributed by atoms with Gasteiger partial charge in [-0.1, -0.05) is 30.3 Å². The maximum absolute atomic E-state index is 10.9. The second-order valence-corrected chi connectivity index (χ2v) is 4.40. The molecule has 0 saturated carbocycles. The molecule has 3 N–H and O–H groups in total. The first-order valence-corrected chi connectivity index (χ1v) is 6.09. The van der Waals surface area contributed by atoms with Crippen molar-refractivity contribution >= 4 is 11.7 Å². The summed E-state index contributed by atoms with van der Waals surface area (Å²) in [7, 11) is 0. The van der Waals surface area contributed by atoms with E-state index in [0.717, 1.165) is 6.42 Å². The van der Waals surface area contributed by atoms with E-state index in [1.54, 1.807) is 12.1 Å². The summed E-state index contributed by atoms with van der Waals surface area (Å²) in [6.45, 7) is 2.07. The topological polar surface area (TPSA) is 80.9 Å². The van der Waals surface area contributed by atoms with Gasteiger partial charge in [-0.25, -0.2) is 0 Å². The van der Waals surface area contributed by atoms with Crippen LogP contribution in [0.5, 0.6) is 0 Å². The van der Waals surface area contributed by atoms with E-state index < -0.39 is 5.91 Å². The Morgan fingerprint density at radius 2 is 1.95 bits per heavy atom.